The van der Waals surface area contributed by atoms with Crippen molar-refractivity contribution in [1.29, 1.82) is 0 Å². The van der Waals surface area contributed by atoms with Gasteiger partial charge in [-0.05, 0) is 48.2 Å². The summed E-state index contributed by atoms with van der Waals surface area (Å²) in [7, 11) is 0. The fourth-order valence-electron chi connectivity index (χ4n) is 3.31. The molecule has 3 heteroatoms. The number of hydrogen-bond donors (Lipinski definition) is 3. The molecule has 1 aliphatic carbocycles. The van der Waals surface area contributed by atoms with E-state index >= 15 is 0 Å². The molecule has 1 aromatic heterocycles. The molecule has 1 aliphatic rings. The van der Waals surface area contributed by atoms with Crippen molar-refractivity contribution in [3.05, 3.63) is 36.0 Å². The molecule has 0 bridgehead atoms. The van der Waals surface area contributed by atoms with Gasteiger partial charge in [0.25, 0.3) is 0 Å². The second kappa shape index (κ2) is 5.76. The normalized spacial score (nSPS) is 23.2. The first-order valence-electron chi connectivity index (χ1n) is 7.25. The molecule has 1 saturated carbocycles. The third kappa shape index (κ3) is 2.67. The van der Waals surface area contributed by atoms with E-state index in [0.29, 0.717) is 18.4 Å². The fraction of sp³-hybridized carbons (Fsp3) is 0.500. The van der Waals surface area contributed by atoms with Gasteiger partial charge in [-0.1, -0.05) is 24.6 Å². The van der Waals surface area contributed by atoms with Gasteiger partial charge in [-0.3, -0.25) is 0 Å². The minimum absolute atomic E-state index is 0.346. The molecule has 2 aromatic rings. The van der Waals surface area contributed by atoms with Crippen molar-refractivity contribution in [2.75, 3.05) is 13.2 Å². The van der Waals surface area contributed by atoms with E-state index in [4.69, 9.17) is 0 Å². The third-order valence-corrected chi connectivity index (χ3v) is 4.45. The number of benzene rings is 1. The van der Waals surface area contributed by atoms with Crippen LogP contribution in [0.5, 0.6) is 0 Å². The van der Waals surface area contributed by atoms with Crippen LogP contribution in [0.4, 0.5) is 0 Å². The molecule has 0 amide bonds. The van der Waals surface area contributed by atoms with Crippen LogP contribution < -0.4 is 5.32 Å². The molecule has 19 heavy (non-hydrogen) atoms. The highest BCUT2D eigenvalue weighted by Gasteiger charge is 2.25. The Morgan fingerprint density at radius 3 is 3.00 bits per heavy atom. The van der Waals surface area contributed by atoms with E-state index in [1.807, 2.05) is 6.20 Å². The van der Waals surface area contributed by atoms with Crippen molar-refractivity contribution in [2.24, 2.45) is 11.8 Å². The highest BCUT2D eigenvalue weighted by Crippen LogP contribution is 2.30. The maximum absolute atomic E-state index is 9.33. The van der Waals surface area contributed by atoms with E-state index in [9.17, 15) is 5.11 Å². The lowest BCUT2D eigenvalue weighted by Crippen LogP contribution is -2.26. The molecule has 0 spiro atoms. The first-order valence-corrected chi connectivity index (χ1v) is 7.25. The average molecular weight is 258 g/mol. The molecule has 1 fully saturated rings. The number of aliphatic hydroxyl groups is 1. The Morgan fingerprint density at radius 1 is 1.21 bits per heavy atom. The van der Waals surface area contributed by atoms with Crippen LogP contribution in [0.25, 0.3) is 10.9 Å². The molecule has 102 valence electrons. The maximum atomic E-state index is 9.33. The summed E-state index contributed by atoms with van der Waals surface area (Å²) in [6, 6.07) is 8.52. The van der Waals surface area contributed by atoms with E-state index < -0.39 is 0 Å². The molecule has 0 saturated heterocycles. The molecular formula is C16H22N2O. The summed E-state index contributed by atoms with van der Waals surface area (Å²) in [5.74, 6) is 1.15. The Bertz CT molecular complexity index is 534. The molecular weight excluding hydrogens is 236 g/mol. The first kappa shape index (κ1) is 12.7. The van der Waals surface area contributed by atoms with Gasteiger partial charge in [-0.2, -0.15) is 0 Å². The Hall–Kier alpha value is -1.32. The van der Waals surface area contributed by atoms with Crippen LogP contribution in [0, 0.1) is 11.8 Å². The first-order chi connectivity index (χ1) is 9.38. The van der Waals surface area contributed by atoms with Crippen LogP contribution in [-0.2, 0) is 6.54 Å². The van der Waals surface area contributed by atoms with Crippen LogP contribution in [0.2, 0.25) is 0 Å². The number of aliphatic hydroxyl groups excluding tert-OH is 1. The number of nitrogens with one attached hydrogen (secondary N) is 2. The van der Waals surface area contributed by atoms with E-state index in [1.54, 1.807) is 0 Å². The number of aromatic nitrogens is 1. The lowest BCUT2D eigenvalue weighted by Gasteiger charge is -2.18. The zero-order valence-corrected chi connectivity index (χ0v) is 11.2. The van der Waals surface area contributed by atoms with Gasteiger partial charge < -0.3 is 15.4 Å². The lowest BCUT2D eigenvalue weighted by atomic mass is 9.97. The van der Waals surface area contributed by atoms with Gasteiger partial charge in [0.1, 0.15) is 0 Å². The van der Waals surface area contributed by atoms with E-state index in [1.165, 1.54) is 35.7 Å². The zero-order valence-electron chi connectivity index (χ0n) is 11.2. The molecule has 3 nitrogen and oxygen atoms in total. The number of hydrogen-bond acceptors (Lipinski definition) is 2. The van der Waals surface area contributed by atoms with Crippen LogP contribution in [0.15, 0.2) is 30.5 Å². The van der Waals surface area contributed by atoms with Crippen LogP contribution in [0.3, 0.4) is 0 Å². The summed E-state index contributed by atoms with van der Waals surface area (Å²) in [5, 5.41) is 14.2. The van der Waals surface area contributed by atoms with Crippen molar-refractivity contribution in [2.45, 2.75) is 25.8 Å². The van der Waals surface area contributed by atoms with Gasteiger partial charge in [-0.15, -0.1) is 0 Å². The van der Waals surface area contributed by atoms with Crippen molar-refractivity contribution < 1.29 is 5.11 Å². The fourth-order valence-corrected chi connectivity index (χ4v) is 3.31. The van der Waals surface area contributed by atoms with Crippen LogP contribution in [0.1, 0.15) is 24.8 Å². The predicted octanol–water partition coefficient (Wildman–Crippen LogP) is 2.67. The van der Waals surface area contributed by atoms with Crippen molar-refractivity contribution >= 4 is 10.9 Å². The minimum atomic E-state index is 0.346. The summed E-state index contributed by atoms with van der Waals surface area (Å²) in [6.45, 7) is 2.26. The number of rotatable bonds is 5. The molecule has 3 N–H and O–H groups in total. The highest BCUT2D eigenvalue weighted by molar-refractivity contribution is 5.82. The molecule has 0 radical (unpaired) electrons. The quantitative estimate of drug-likeness (QED) is 0.772. The highest BCUT2D eigenvalue weighted by atomic mass is 16.3. The Labute approximate surface area is 114 Å². The number of aromatic amines is 1. The standard InChI is InChI=1S/C16H22N2O/c19-11-15-6-2-4-13(15)9-17-10-14-5-1-3-12-7-8-18-16(12)14/h1,3,5,7-8,13,15,17-19H,2,4,6,9-11H2. The average Bonchev–Trinajstić information content (AvgIpc) is 3.07. The zero-order chi connectivity index (χ0) is 13.1. The van der Waals surface area contributed by atoms with Crippen molar-refractivity contribution in [3.63, 3.8) is 0 Å². The second-order valence-corrected chi connectivity index (χ2v) is 5.62. The molecule has 1 aromatic carbocycles. The largest absolute Gasteiger partial charge is 0.396 e. The maximum Gasteiger partial charge on any atom is 0.0499 e. The Kier molecular flexibility index (Phi) is 3.85. The van der Waals surface area contributed by atoms with Crippen LogP contribution >= 0.6 is 0 Å². The lowest BCUT2D eigenvalue weighted by molar-refractivity contribution is 0.192. The van der Waals surface area contributed by atoms with Gasteiger partial charge in [-0.25, -0.2) is 0 Å². The van der Waals surface area contributed by atoms with Gasteiger partial charge in [0.05, 0.1) is 0 Å². The van der Waals surface area contributed by atoms with E-state index in [-0.39, 0.29) is 0 Å². The number of para-hydroxylation sites is 1. The summed E-state index contributed by atoms with van der Waals surface area (Å²) < 4.78 is 0. The molecule has 2 unspecified atom stereocenters. The number of H-pyrrole nitrogens is 1. The molecule has 3 rings (SSSR count). The monoisotopic (exact) mass is 258 g/mol. The third-order valence-electron chi connectivity index (χ3n) is 4.45. The molecule has 2 atom stereocenters. The summed E-state index contributed by atoms with van der Waals surface area (Å²) in [6.07, 6.45) is 5.71. The summed E-state index contributed by atoms with van der Waals surface area (Å²) >= 11 is 0. The molecule has 0 aliphatic heterocycles. The summed E-state index contributed by atoms with van der Waals surface area (Å²) in [4.78, 5) is 3.31. The van der Waals surface area contributed by atoms with E-state index in [0.717, 1.165) is 13.1 Å². The number of fused-ring (bicyclic) bond motifs is 1. The van der Waals surface area contributed by atoms with Crippen molar-refractivity contribution in [3.8, 4) is 0 Å². The SMILES string of the molecule is OCC1CCCC1CNCc1cccc2cc[nH]c12. The van der Waals surface area contributed by atoms with Gasteiger partial charge in [0.15, 0.2) is 0 Å². The van der Waals surface area contributed by atoms with Gasteiger partial charge in [0.2, 0.25) is 0 Å². The van der Waals surface area contributed by atoms with Gasteiger partial charge in [0, 0.05) is 24.9 Å². The van der Waals surface area contributed by atoms with Gasteiger partial charge >= 0.3 is 0 Å². The van der Waals surface area contributed by atoms with E-state index in [2.05, 4.69) is 34.6 Å². The Morgan fingerprint density at radius 2 is 2.11 bits per heavy atom. The van der Waals surface area contributed by atoms with Crippen LogP contribution in [-0.4, -0.2) is 23.2 Å². The Balaban J connectivity index is 1.59. The smallest absolute Gasteiger partial charge is 0.0499 e. The summed E-state index contributed by atoms with van der Waals surface area (Å²) in [5.41, 5.74) is 2.56. The second-order valence-electron chi connectivity index (χ2n) is 5.62. The topological polar surface area (TPSA) is 48.0 Å². The molecule has 1 heterocycles. The predicted molar refractivity (Wildman–Crippen MR) is 77.9 cm³/mol. The minimum Gasteiger partial charge on any atom is -0.396 e. The van der Waals surface area contributed by atoms with Crippen molar-refractivity contribution in [1.82, 2.24) is 10.3 Å².